The zero-order chi connectivity index (χ0) is 15.0. The van der Waals surface area contributed by atoms with E-state index in [0.29, 0.717) is 36.1 Å². The van der Waals surface area contributed by atoms with Crippen LogP contribution >= 0.6 is 0 Å². The van der Waals surface area contributed by atoms with E-state index in [-0.39, 0.29) is 0 Å². The third kappa shape index (κ3) is 2.77. The summed E-state index contributed by atoms with van der Waals surface area (Å²) in [5, 5.41) is 13.4. The van der Waals surface area contributed by atoms with E-state index in [0.717, 1.165) is 12.3 Å². The molecule has 0 amide bonds. The Bertz CT molecular complexity index is 331. The van der Waals surface area contributed by atoms with E-state index in [1.165, 1.54) is 19.3 Å². The molecule has 0 aromatic rings. The van der Waals surface area contributed by atoms with Crippen molar-refractivity contribution < 1.29 is 9.84 Å². The molecule has 0 aromatic heterocycles. The Morgan fingerprint density at radius 3 is 2.55 bits per heavy atom. The first-order chi connectivity index (χ1) is 9.31. The lowest BCUT2D eigenvalue weighted by atomic mass is 9.70. The Morgan fingerprint density at radius 1 is 1.35 bits per heavy atom. The fourth-order valence-electron chi connectivity index (χ4n) is 4.15. The van der Waals surface area contributed by atoms with E-state index < -0.39 is 6.10 Å². The molecule has 118 valence electrons. The monoisotopic (exact) mass is 283 g/mol. The molecule has 2 fully saturated rings. The maximum absolute atomic E-state index is 10.1. The second-order valence-corrected chi connectivity index (χ2v) is 7.80. The van der Waals surface area contributed by atoms with Crippen molar-refractivity contribution >= 4 is 0 Å². The lowest BCUT2D eigenvalue weighted by molar-refractivity contribution is -0.0744. The van der Waals surface area contributed by atoms with Gasteiger partial charge >= 0.3 is 0 Å². The van der Waals surface area contributed by atoms with Crippen LogP contribution in [0, 0.1) is 16.7 Å². The molecule has 0 aliphatic heterocycles. The highest BCUT2D eigenvalue weighted by Crippen LogP contribution is 2.66. The second-order valence-electron chi connectivity index (χ2n) is 7.80. The van der Waals surface area contributed by atoms with Crippen molar-refractivity contribution in [3.05, 3.63) is 0 Å². The number of hydrogen-bond donors (Lipinski definition) is 2. The molecule has 0 aromatic carbocycles. The minimum absolute atomic E-state index is 0.293. The van der Waals surface area contributed by atoms with E-state index in [4.69, 9.17) is 4.74 Å². The van der Waals surface area contributed by atoms with E-state index in [2.05, 4.69) is 39.9 Å². The molecule has 2 saturated carbocycles. The van der Waals surface area contributed by atoms with E-state index >= 15 is 0 Å². The number of rotatable bonds is 7. The van der Waals surface area contributed by atoms with Gasteiger partial charge in [-0.1, -0.05) is 27.7 Å². The summed E-state index contributed by atoms with van der Waals surface area (Å²) in [7, 11) is 0. The molecule has 0 heterocycles. The van der Waals surface area contributed by atoms with Gasteiger partial charge in [-0.15, -0.1) is 0 Å². The van der Waals surface area contributed by atoms with Crippen LogP contribution in [0.25, 0.3) is 0 Å². The molecule has 2 bridgehead atoms. The zero-order valence-electron chi connectivity index (χ0n) is 13.9. The van der Waals surface area contributed by atoms with Gasteiger partial charge in [-0.05, 0) is 49.4 Å². The van der Waals surface area contributed by atoms with Crippen LogP contribution < -0.4 is 5.32 Å². The van der Waals surface area contributed by atoms with Crippen molar-refractivity contribution in [2.45, 2.75) is 78.6 Å². The van der Waals surface area contributed by atoms with Crippen LogP contribution in [0.5, 0.6) is 0 Å². The van der Waals surface area contributed by atoms with Crippen LogP contribution in [0.3, 0.4) is 0 Å². The van der Waals surface area contributed by atoms with Gasteiger partial charge in [0.2, 0.25) is 0 Å². The quantitative estimate of drug-likeness (QED) is 0.755. The molecule has 5 atom stereocenters. The van der Waals surface area contributed by atoms with Gasteiger partial charge in [0.1, 0.15) is 0 Å². The minimum atomic E-state index is -0.394. The van der Waals surface area contributed by atoms with Gasteiger partial charge < -0.3 is 15.2 Å². The van der Waals surface area contributed by atoms with Crippen LogP contribution in [-0.4, -0.2) is 36.5 Å². The van der Waals surface area contributed by atoms with Gasteiger partial charge in [0.25, 0.3) is 0 Å². The van der Waals surface area contributed by atoms with Gasteiger partial charge in [0.05, 0.1) is 18.8 Å². The summed E-state index contributed by atoms with van der Waals surface area (Å²) < 4.78 is 6.11. The summed E-state index contributed by atoms with van der Waals surface area (Å²) in [6.45, 7) is 12.6. The number of fused-ring (bicyclic) bond motifs is 2. The number of hydrogen-bond acceptors (Lipinski definition) is 3. The SMILES string of the molecule is CC[C@H](C)NC[C@H](O)CO[C@@H]1C[C@@H]2CC[C@]1(C)C2(C)C. The van der Waals surface area contributed by atoms with Gasteiger partial charge in [-0.3, -0.25) is 0 Å². The summed E-state index contributed by atoms with van der Waals surface area (Å²) in [4.78, 5) is 0. The first-order valence-electron chi connectivity index (χ1n) is 8.34. The summed E-state index contributed by atoms with van der Waals surface area (Å²) in [6, 6.07) is 0.462. The molecule has 3 nitrogen and oxygen atoms in total. The van der Waals surface area contributed by atoms with Crippen LogP contribution in [0.15, 0.2) is 0 Å². The molecule has 0 saturated heterocycles. The molecule has 0 unspecified atom stereocenters. The van der Waals surface area contributed by atoms with E-state index in [1.807, 2.05) is 0 Å². The molecule has 20 heavy (non-hydrogen) atoms. The fraction of sp³-hybridized carbons (Fsp3) is 1.00. The van der Waals surface area contributed by atoms with Crippen molar-refractivity contribution in [1.29, 1.82) is 0 Å². The molecule has 2 rings (SSSR count). The highest BCUT2D eigenvalue weighted by Gasteiger charge is 2.61. The summed E-state index contributed by atoms with van der Waals surface area (Å²) in [5.41, 5.74) is 0.680. The van der Waals surface area contributed by atoms with Crippen molar-refractivity contribution in [3.63, 3.8) is 0 Å². The topological polar surface area (TPSA) is 41.5 Å². The smallest absolute Gasteiger partial charge is 0.0897 e. The van der Waals surface area contributed by atoms with Crippen molar-refractivity contribution in [3.8, 4) is 0 Å². The molecule has 2 aliphatic rings. The molecule has 2 N–H and O–H groups in total. The Morgan fingerprint density at radius 2 is 2.05 bits per heavy atom. The largest absolute Gasteiger partial charge is 0.389 e. The summed E-state index contributed by atoms with van der Waals surface area (Å²) >= 11 is 0. The lowest BCUT2D eigenvalue weighted by Crippen LogP contribution is -2.40. The number of ether oxygens (including phenoxy) is 1. The molecule has 2 aliphatic carbocycles. The Hall–Kier alpha value is -0.120. The van der Waals surface area contributed by atoms with Gasteiger partial charge in [-0.2, -0.15) is 0 Å². The molecule has 0 radical (unpaired) electrons. The number of aliphatic hydroxyl groups excluding tert-OH is 1. The third-order valence-electron chi connectivity index (χ3n) is 6.52. The normalized spacial score (nSPS) is 38.1. The first kappa shape index (κ1) is 16.3. The average molecular weight is 283 g/mol. The van der Waals surface area contributed by atoms with Crippen molar-refractivity contribution in [2.24, 2.45) is 16.7 Å². The Labute approximate surface area is 124 Å². The second kappa shape index (κ2) is 5.94. The Kier molecular flexibility index (Phi) is 4.83. The number of nitrogens with one attached hydrogen (secondary N) is 1. The van der Waals surface area contributed by atoms with Crippen molar-refractivity contribution in [2.75, 3.05) is 13.2 Å². The zero-order valence-corrected chi connectivity index (χ0v) is 13.9. The average Bonchev–Trinajstić information content (AvgIpc) is 2.75. The molecule has 0 spiro atoms. The predicted octanol–water partition coefficient (Wildman–Crippen LogP) is 2.97. The van der Waals surface area contributed by atoms with Crippen LogP contribution in [0.4, 0.5) is 0 Å². The maximum Gasteiger partial charge on any atom is 0.0897 e. The van der Waals surface area contributed by atoms with Gasteiger partial charge in [0.15, 0.2) is 0 Å². The summed E-state index contributed by atoms with van der Waals surface area (Å²) in [6.07, 6.45) is 4.82. The maximum atomic E-state index is 10.1. The van der Waals surface area contributed by atoms with E-state index in [9.17, 15) is 5.11 Å². The molecule has 3 heteroatoms. The molecular weight excluding hydrogens is 250 g/mol. The third-order valence-corrected chi connectivity index (χ3v) is 6.52. The van der Waals surface area contributed by atoms with Crippen molar-refractivity contribution in [1.82, 2.24) is 5.32 Å². The van der Waals surface area contributed by atoms with Crippen LogP contribution in [0.2, 0.25) is 0 Å². The van der Waals surface area contributed by atoms with Crippen LogP contribution in [-0.2, 0) is 4.74 Å². The number of aliphatic hydroxyl groups is 1. The molecular formula is C17H33NO2. The van der Waals surface area contributed by atoms with Gasteiger partial charge in [0, 0.05) is 12.6 Å². The minimum Gasteiger partial charge on any atom is -0.389 e. The first-order valence-corrected chi connectivity index (χ1v) is 8.34. The lowest BCUT2D eigenvalue weighted by Gasteiger charge is -2.39. The highest BCUT2D eigenvalue weighted by molar-refractivity contribution is 5.11. The fourth-order valence-corrected chi connectivity index (χ4v) is 4.15. The highest BCUT2D eigenvalue weighted by atomic mass is 16.5. The van der Waals surface area contributed by atoms with E-state index in [1.54, 1.807) is 0 Å². The van der Waals surface area contributed by atoms with Crippen LogP contribution in [0.1, 0.15) is 60.3 Å². The van der Waals surface area contributed by atoms with Gasteiger partial charge in [-0.25, -0.2) is 0 Å². The standard InChI is InChI=1S/C17H33NO2/c1-6-12(2)18-10-14(19)11-20-15-9-13-7-8-17(15,5)16(13,3)4/h12-15,18-19H,6-11H2,1-5H3/t12-,13-,14-,15+,17-/m0/s1. The Balaban J connectivity index is 1.78. The predicted molar refractivity (Wildman–Crippen MR) is 82.7 cm³/mol. The summed E-state index contributed by atoms with van der Waals surface area (Å²) in [5.74, 6) is 0.799.